The van der Waals surface area contributed by atoms with Gasteiger partial charge in [0.1, 0.15) is 5.60 Å². The van der Waals surface area contributed by atoms with Gasteiger partial charge in [0.05, 0.1) is 0 Å². The van der Waals surface area contributed by atoms with Gasteiger partial charge < -0.3 is 15.7 Å². The second-order valence-electron chi connectivity index (χ2n) is 6.90. The molecule has 3 nitrogen and oxygen atoms in total. The third kappa shape index (κ3) is 3.81. The highest BCUT2D eigenvalue weighted by Crippen LogP contribution is 2.30. The SMILES string of the molecule is CC1(C)CCCN(CCC(O)(CN)c2ccccc2)C1. The first-order chi connectivity index (χ1) is 9.45. The zero-order chi connectivity index (χ0) is 14.6. The minimum atomic E-state index is -0.900. The molecular formula is C17H28N2O. The number of hydrogen-bond donors (Lipinski definition) is 2. The van der Waals surface area contributed by atoms with Crippen LogP contribution >= 0.6 is 0 Å². The Morgan fingerprint density at radius 1 is 1.30 bits per heavy atom. The van der Waals surface area contributed by atoms with E-state index in [-0.39, 0.29) is 6.54 Å². The Hall–Kier alpha value is -0.900. The molecule has 0 saturated carbocycles. The first-order valence-electron chi connectivity index (χ1n) is 7.66. The third-order valence-corrected chi connectivity index (χ3v) is 4.47. The van der Waals surface area contributed by atoms with E-state index >= 15 is 0 Å². The van der Waals surface area contributed by atoms with Gasteiger partial charge in [-0.05, 0) is 36.8 Å². The molecule has 20 heavy (non-hydrogen) atoms. The molecule has 0 spiro atoms. The molecule has 1 aromatic carbocycles. The van der Waals surface area contributed by atoms with E-state index in [0.717, 1.165) is 25.2 Å². The zero-order valence-electron chi connectivity index (χ0n) is 12.8. The molecular weight excluding hydrogens is 248 g/mol. The fourth-order valence-electron chi connectivity index (χ4n) is 3.19. The Balaban J connectivity index is 1.97. The topological polar surface area (TPSA) is 49.5 Å². The van der Waals surface area contributed by atoms with E-state index in [1.54, 1.807) is 0 Å². The van der Waals surface area contributed by atoms with Crippen LogP contribution in [0.4, 0.5) is 0 Å². The quantitative estimate of drug-likeness (QED) is 0.868. The van der Waals surface area contributed by atoms with Crippen molar-refractivity contribution >= 4 is 0 Å². The van der Waals surface area contributed by atoms with Crippen LogP contribution in [0.1, 0.15) is 38.7 Å². The van der Waals surface area contributed by atoms with Gasteiger partial charge in [-0.2, -0.15) is 0 Å². The van der Waals surface area contributed by atoms with Crippen molar-refractivity contribution in [3.8, 4) is 0 Å². The molecule has 1 saturated heterocycles. The Morgan fingerprint density at radius 3 is 2.60 bits per heavy atom. The van der Waals surface area contributed by atoms with Crippen molar-refractivity contribution in [2.24, 2.45) is 11.1 Å². The van der Waals surface area contributed by atoms with Gasteiger partial charge in [-0.15, -0.1) is 0 Å². The van der Waals surface area contributed by atoms with Crippen LogP contribution in [0.5, 0.6) is 0 Å². The van der Waals surface area contributed by atoms with Crippen molar-refractivity contribution < 1.29 is 5.11 Å². The lowest BCUT2D eigenvalue weighted by atomic mass is 9.83. The summed E-state index contributed by atoms with van der Waals surface area (Å²) in [6.45, 7) is 8.08. The lowest BCUT2D eigenvalue weighted by Gasteiger charge is -2.39. The first-order valence-corrected chi connectivity index (χ1v) is 7.66. The number of nitrogens with two attached hydrogens (primary N) is 1. The van der Waals surface area contributed by atoms with Crippen molar-refractivity contribution in [1.29, 1.82) is 0 Å². The summed E-state index contributed by atoms with van der Waals surface area (Å²) >= 11 is 0. The highest BCUT2D eigenvalue weighted by molar-refractivity contribution is 5.22. The molecule has 1 aliphatic heterocycles. The number of benzene rings is 1. The summed E-state index contributed by atoms with van der Waals surface area (Å²) < 4.78 is 0. The van der Waals surface area contributed by atoms with Crippen LogP contribution in [0.25, 0.3) is 0 Å². The Kier molecular flexibility index (Phi) is 4.84. The molecule has 3 N–H and O–H groups in total. The molecule has 0 aromatic heterocycles. The van der Waals surface area contributed by atoms with Crippen molar-refractivity contribution in [1.82, 2.24) is 4.90 Å². The highest BCUT2D eigenvalue weighted by Gasteiger charge is 2.31. The predicted octanol–water partition coefficient (Wildman–Crippen LogP) is 2.35. The molecule has 0 radical (unpaired) electrons. The van der Waals surface area contributed by atoms with Gasteiger partial charge in [-0.1, -0.05) is 44.2 Å². The lowest BCUT2D eigenvalue weighted by Crippen LogP contribution is -2.44. The largest absolute Gasteiger partial charge is 0.384 e. The van der Waals surface area contributed by atoms with Crippen LogP contribution < -0.4 is 5.73 Å². The zero-order valence-corrected chi connectivity index (χ0v) is 12.8. The van der Waals surface area contributed by atoms with E-state index in [1.807, 2.05) is 30.3 Å². The van der Waals surface area contributed by atoms with E-state index in [4.69, 9.17) is 5.73 Å². The van der Waals surface area contributed by atoms with Gasteiger partial charge >= 0.3 is 0 Å². The smallest absolute Gasteiger partial charge is 0.103 e. The molecule has 1 atom stereocenters. The van der Waals surface area contributed by atoms with Gasteiger partial charge in [0.25, 0.3) is 0 Å². The fraction of sp³-hybridized carbons (Fsp3) is 0.647. The summed E-state index contributed by atoms with van der Waals surface area (Å²) in [7, 11) is 0. The molecule has 1 aliphatic rings. The van der Waals surface area contributed by atoms with E-state index in [0.29, 0.717) is 11.8 Å². The van der Waals surface area contributed by atoms with Gasteiger partial charge in [0.2, 0.25) is 0 Å². The summed E-state index contributed by atoms with van der Waals surface area (Å²) in [5.41, 5.74) is 6.26. The summed E-state index contributed by atoms with van der Waals surface area (Å²) in [6.07, 6.45) is 3.24. The lowest BCUT2D eigenvalue weighted by molar-refractivity contribution is 0.0156. The van der Waals surface area contributed by atoms with Gasteiger partial charge in [0, 0.05) is 19.6 Å². The summed E-state index contributed by atoms with van der Waals surface area (Å²) in [4.78, 5) is 2.47. The fourth-order valence-corrected chi connectivity index (χ4v) is 3.19. The molecule has 112 valence electrons. The number of likely N-dealkylation sites (tertiary alicyclic amines) is 1. The number of rotatable bonds is 5. The van der Waals surface area contributed by atoms with E-state index in [2.05, 4.69) is 18.7 Å². The second-order valence-corrected chi connectivity index (χ2v) is 6.90. The maximum atomic E-state index is 10.8. The first kappa shape index (κ1) is 15.5. The average molecular weight is 276 g/mol. The van der Waals surface area contributed by atoms with Crippen LogP contribution in [0, 0.1) is 5.41 Å². The highest BCUT2D eigenvalue weighted by atomic mass is 16.3. The van der Waals surface area contributed by atoms with Crippen LogP contribution in [-0.4, -0.2) is 36.2 Å². The minimum absolute atomic E-state index is 0.272. The van der Waals surface area contributed by atoms with Crippen molar-refractivity contribution in [2.75, 3.05) is 26.2 Å². The molecule has 3 heteroatoms. The van der Waals surface area contributed by atoms with Crippen LogP contribution in [0.3, 0.4) is 0 Å². The third-order valence-electron chi connectivity index (χ3n) is 4.47. The van der Waals surface area contributed by atoms with Crippen LogP contribution in [0.2, 0.25) is 0 Å². The Morgan fingerprint density at radius 2 is 2.00 bits per heavy atom. The van der Waals surface area contributed by atoms with E-state index in [9.17, 15) is 5.11 Å². The summed E-state index contributed by atoms with van der Waals surface area (Å²) in [5.74, 6) is 0. The molecule has 1 aromatic rings. The van der Waals surface area contributed by atoms with Gasteiger partial charge in [-0.25, -0.2) is 0 Å². The molecule has 0 bridgehead atoms. The monoisotopic (exact) mass is 276 g/mol. The molecule has 0 amide bonds. The Bertz CT molecular complexity index is 418. The van der Waals surface area contributed by atoms with Crippen molar-refractivity contribution in [3.05, 3.63) is 35.9 Å². The molecule has 0 aliphatic carbocycles. The number of aliphatic hydroxyl groups is 1. The Labute approximate surface area is 122 Å². The number of hydrogen-bond acceptors (Lipinski definition) is 3. The maximum Gasteiger partial charge on any atom is 0.103 e. The van der Waals surface area contributed by atoms with Crippen LogP contribution in [0.15, 0.2) is 30.3 Å². The molecule has 1 unspecified atom stereocenters. The van der Waals surface area contributed by atoms with Gasteiger partial charge in [-0.3, -0.25) is 0 Å². The minimum Gasteiger partial charge on any atom is -0.384 e. The van der Waals surface area contributed by atoms with Gasteiger partial charge in [0.15, 0.2) is 0 Å². The molecule has 1 fully saturated rings. The number of nitrogens with zero attached hydrogens (tertiary/aromatic N) is 1. The maximum absolute atomic E-state index is 10.8. The van der Waals surface area contributed by atoms with Crippen molar-refractivity contribution in [2.45, 2.75) is 38.7 Å². The predicted molar refractivity (Wildman–Crippen MR) is 83.5 cm³/mol. The summed E-state index contributed by atoms with van der Waals surface area (Å²) in [5, 5.41) is 10.8. The standard InChI is InChI=1S/C17H28N2O/c1-16(2)9-6-11-19(14-16)12-10-17(20,13-18)15-7-4-3-5-8-15/h3-5,7-8,20H,6,9-14,18H2,1-2H3. The van der Waals surface area contributed by atoms with Crippen molar-refractivity contribution in [3.63, 3.8) is 0 Å². The average Bonchev–Trinajstić information content (AvgIpc) is 2.45. The van der Waals surface area contributed by atoms with Crippen LogP contribution in [-0.2, 0) is 5.60 Å². The molecule has 2 rings (SSSR count). The van der Waals surface area contributed by atoms with E-state index < -0.39 is 5.60 Å². The molecule has 1 heterocycles. The van der Waals surface area contributed by atoms with E-state index in [1.165, 1.54) is 12.8 Å². The second kappa shape index (κ2) is 6.25. The summed E-state index contributed by atoms with van der Waals surface area (Å²) in [6, 6.07) is 9.81. The normalized spacial score (nSPS) is 22.4. The number of piperidine rings is 1.